The lowest BCUT2D eigenvalue weighted by Crippen LogP contribution is -2.40. The Balaban J connectivity index is 1.69. The van der Waals surface area contributed by atoms with Gasteiger partial charge >= 0.3 is 5.69 Å². The van der Waals surface area contributed by atoms with Gasteiger partial charge in [0.15, 0.2) is 0 Å². The summed E-state index contributed by atoms with van der Waals surface area (Å²) in [6, 6.07) is 7.51. The van der Waals surface area contributed by atoms with Gasteiger partial charge in [0.1, 0.15) is 11.6 Å². The van der Waals surface area contributed by atoms with Crippen molar-refractivity contribution in [1.82, 2.24) is 14.5 Å². The summed E-state index contributed by atoms with van der Waals surface area (Å²) in [4.78, 5) is 26.2. The molecule has 3 rings (SSSR count). The molecular weight excluding hydrogens is 368 g/mol. The topological polar surface area (TPSA) is 68.5 Å². The van der Waals surface area contributed by atoms with Gasteiger partial charge in [0, 0.05) is 51.4 Å². The number of anilines is 1. The SMILES string of the molecule is CCOc1c(Cl)cccc1CN[C@@H]1CCN(c2cc(=O)n(C)c(=O)n2C)C1. The number of para-hydroxylation sites is 1. The van der Waals surface area contributed by atoms with Gasteiger partial charge in [-0.3, -0.25) is 13.9 Å². The number of aromatic nitrogens is 2. The van der Waals surface area contributed by atoms with E-state index in [1.54, 1.807) is 7.05 Å². The number of halogens is 1. The maximum atomic E-state index is 12.1. The van der Waals surface area contributed by atoms with Gasteiger partial charge in [-0.15, -0.1) is 0 Å². The van der Waals surface area contributed by atoms with E-state index in [4.69, 9.17) is 16.3 Å². The van der Waals surface area contributed by atoms with E-state index in [2.05, 4.69) is 10.2 Å². The van der Waals surface area contributed by atoms with Gasteiger partial charge in [-0.1, -0.05) is 23.7 Å². The molecule has 1 aliphatic heterocycles. The van der Waals surface area contributed by atoms with Gasteiger partial charge in [0.2, 0.25) is 0 Å². The number of hydrogen-bond acceptors (Lipinski definition) is 5. The molecule has 1 atom stereocenters. The van der Waals surface area contributed by atoms with Crippen molar-refractivity contribution in [2.45, 2.75) is 25.9 Å². The van der Waals surface area contributed by atoms with Crippen molar-refractivity contribution in [1.29, 1.82) is 0 Å². The quantitative estimate of drug-likeness (QED) is 0.807. The van der Waals surface area contributed by atoms with Crippen LogP contribution in [0.4, 0.5) is 5.82 Å². The Hall–Kier alpha value is -2.25. The predicted molar refractivity (Wildman–Crippen MR) is 107 cm³/mol. The van der Waals surface area contributed by atoms with Gasteiger partial charge in [-0.2, -0.15) is 0 Å². The summed E-state index contributed by atoms with van der Waals surface area (Å²) >= 11 is 6.24. The highest BCUT2D eigenvalue weighted by Gasteiger charge is 2.25. The number of hydrogen-bond donors (Lipinski definition) is 1. The van der Waals surface area contributed by atoms with E-state index < -0.39 is 0 Å². The number of rotatable bonds is 6. The highest BCUT2D eigenvalue weighted by molar-refractivity contribution is 6.32. The van der Waals surface area contributed by atoms with Crippen LogP contribution in [0, 0.1) is 0 Å². The first-order valence-corrected chi connectivity index (χ1v) is 9.45. The first kappa shape index (κ1) is 19.5. The summed E-state index contributed by atoms with van der Waals surface area (Å²) in [5.41, 5.74) is 0.419. The Labute approximate surface area is 163 Å². The lowest BCUT2D eigenvalue weighted by atomic mass is 10.1. The molecule has 27 heavy (non-hydrogen) atoms. The second kappa shape index (κ2) is 8.19. The van der Waals surface area contributed by atoms with E-state index in [9.17, 15) is 9.59 Å². The zero-order valence-electron chi connectivity index (χ0n) is 15.9. The van der Waals surface area contributed by atoms with Crippen molar-refractivity contribution in [3.05, 3.63) is 55.7 Å². The largest absolute Gasteiger partial charge is 0.492 e. The van der Waals surface area contributed by atoms with Gasteiger partial charge in [0.05, 0.1) is 11.6 Å². The van der Waals surface area contributed by atoms with Crippen LogP contribution in [-0.4, -0.2) is 34.9 Å². The molecule has 1 aromatic carbocycles. The van der Waals surface area contributed by atoms with Crippen LogP contribution in [0.25, 0.3) is 0 Å². The summed E-state index contributed by atoms with van der Waals surface area (Å²) < 4.78 is 8.31. The standard InChI is InChI=1S/C19H25ClN4O3/c1-4-27-18-13(6-5-7-15(18)20)11-21-14-8-9-24(12-14)16-10-17(25)23(3)19(26)22(16)2/h5-7,10,14,21H,4,8-9,11-12H2,1-3H3/t14-/m1/s1. The van der Waals surface area contributed by atoms with E-state index in [0.29, 0.717) is 24.0 Å². The third-order valence-corrected chi connectivity index (χ3v) is 5.23. The number of benzene rings is 1. The maximum absolute atomic E-state index is 12.1. The molecule has 1 aromatic heterocycles. The second-order valence-corrected chi connectivity index (χ2v) is 7.12. The van der Waals surface area contributed by atoms with Crippen molar-refractivity contribution >= 4 is 17.4 Å². The monoisotopic (exact) mass is 392 g/mol. The smallest absolute Gasteiger partial charge is 0.332 e. The Kier molecular flexibility index (Phi) is 5.92. The second-order valence-electron chi connectivity index (χ2n) is 6.71. The molecule has 0 saturated carbocycles. The van der Waals surface area contributed by atoms with Crippen LogP contribution in [0.3, 0.4) is 0 Å². The molecule has 0 spiro atoms. The summed E-state index contributed by atoms with van der Waals surface area (Å²) in [5.74, 6) is 1.38. The summed E-state index contributed by atoms with van der Waals surface area (Å²) in [6.07, 6.45) is 0.925. The van der Waals surface area contributed by atoms with Crippen LogP contribution in [0.15, 0.2) is 33.9 Å². The van der Waals surface area contributed by atoms with Crippen molar-refractivity contribution in [2.75, 3.05) is 24.6 Å². The summed E-state index contributed by atoms with van der Waals surface area (Å²) in [6.45, 7) is 4.65. The lowest BCUT2D eigenvalue weighted by molar-refractivity contribution is 0.335. The molecule has 2 aromatic rings. The summed E-state index contributed by atoms with van der Waals surface area (Å²) in [7, 11) is 3.18. The molecule has 1 aliphatic rings. The molecule has 7 nitrogen and oxygen atoms in total. The molecule has 2 heterocycles. The van der Waals surface area contributed by atoms with Crippen LogP contribution in [0.2, 0.25) is 5.02 Å². The van der Waals surface area contributed by atoms with Crippen LogP contribution in [-0.2, 0) is 20.6 Å². The van der Waals surface area contributed by atoms with Crippen molar-refractivity contribution < 1.29 is 4.74 Å². The third kappa shape index (κ3) is 4.04. The third-order valence-electron chi connectivity index (χ3n) is 4.93. The Morgan fingerprint density at radius 1 is 1.26 bits per heavy atom. The molecule has 146 valence electrons. The van der Waals surface area contributed by atoms with Gasteiger partial charge in [-0.25, -0.2) is 4.79 Å². The number of ether oxygens (including phenoxy) is 1. The average Bonchev–Trinajstić information content (AvgIpc) is 3.12. The molecule has 0 aliphatic carbocycles. The first-order valence-electron chi connectivity index (χ1n) is 9.08. The maximum Gasteiger partial charge on any atom is 0.332 e. The van der Waals surface area contributed by atoms with Gasteiger partial charge < -0.3 is 15.0 Å². The minimum Gasteiger partial charge on any atom is -0.492 e. The minimum atomic E-state index is -0.311. The number of nitrogens with zero attached hydrogens (tertiary/aromatic N) is 3. The van der Waals surface area contributed by atoms with E-state index >= 15 is 0 Å². The molecule has 1 saturated heterocycles. The van der Waals surface area contributed by atoms with Crippen LogP contribution in [0.1, 0.15) is 18.9 Å². The fourth-order valence-electron chi connectivity index (χ4n) is 3.41. The minimum absolute atomic E-state index is 0.248. The van der Waals surface area contributed by atoms with E-state index in [-0.39, 0.29) is 17.3 Å². The fourth-order valence-corrected chi connectivity index (χ4v) is 3.66. The molecule has 1 N–H and O–H groups in total. The van der Waals surface area contributed by atoms with Crippen LogP contribution >= 0.6 is 11.6 Å². The van der Waals surface area contributed by atoms with E-state index in [1.165, 1.54) is 17.7 Å². The molecule has 0 bridgehead atoms. The number of nitrogens with one attached hydrogen (secondary N) is 1. The van der Waals surface area contributed by atoms with Crippen molar-refractivity contribution in [3.8, 4) is 5.75 Å². The lowest BCUT2D eigenvalue weighted by Gasteiger charge is -2.22. The molecule has 0 radical (unpaired) electrons. The normalized spacial score (nSPS) is 16.7. The van der Waals surface area contributed by atoms with Crippen molar-refractivity contribution in [2.24, 2.45) is 14.1 Å². The van der Waals surface area contributed by atoms with Gasteiger partial charge in [-0.05, 0) is 19.4 Å². The van der Waals surface area contributed by atoms with E-state index in [1.807, 2.05) is 25.1 Å². The van der Waals surface area contributed by atoms with Crippen LogP contribution in [0.5, 0.6) is 5.75 Å². The van der Waals surface area contributed by atoms with Gasteiger partial charge in [0.25, 0.3) is 5.56 Å². The Morgan fingerprint density at radius 3 is 2.78 bits per heavy atom. The molecule has 0 unspecified atom stereocenters. The molecular formula is C19H25ClN4O3. The zero-order chi connectivity index (χ0) is 19.6. The zero-order valence-corrected chi connectivity index (χ0v) is 16.6. The van der Waals surface area contributed by atoms with Crippen LogP contribution < -0.4 is 26.2 Å². The average molecular weight is 393 g/mol. The highest BCUT2D eigenvalue weighted by atomic mass is 35.5. The Bertz CT molecular complexity index is 938. The Morgan fingerprint density at radius 2 is 2.04 bits per heavy atom. The summed E-state index contributed by atoms with van der Waals surface area (Å²) in [5, 5.41) is 4.14. The first-order chi connectivity index (χ1) is 12.9. The molecule has 0 amide bonds. The highest BCUT2D eigenvalue weighted by Crippen LogP contribution is 2.29. The van der Waals surface area contributed by atoms with Crippen molar-refractivity contribution in [3.63, 3.8) is 0 Å². The molecule has 1 fully saturated rings. The fraction of sp³-hybridized carbons (Fsp3) is 0.474. The molecule has 8 heteroatoms. The predicted octanol–water partition coefficient (Wildman–Crippen LogP) is 1.50. The van der Waals surface area contributed by atoms with E-state index in [0.717, 1.165) is 35.4 Å².